The Bertz CT molecular complexity index is 1520. The van der Waals surface area contributed by atoms with Crippen LogP contribution in [0.25, 0.3) is 0 Å². The molecule has 3 amide bonds. The normalized spacial score (nSPS) is 16.4. The topological polar surface area (TPSA) is 163 Å². The molecular formula is C35H45N5O7. The van der Waals surface area contributed by atoms with Gasteiger partial charge in [0.05, 0.1) is 6.20 Å². The van der Waals surface area contributed by atoms with Crippen molar-refractivity contribution < 1.29 is 33.3 Å². The van der Waals surface area contributed by atoms with E-state index in [-0.39, 0.29) is 24.5 Å². The lowest BCUT2D eigenvalue weighted by molar-refractivity contribution is 0.0485. The van der Waals surface area contributed by atoms with Crippen LogP contribution in [0.15, 0.2) is 60.8 Å². The Balaban J connectivity index is 1.42. The minimum atomic E-state index is -0.583. The van der Waals surface area contributed by atoms with Crippen LogP contribution in [-0.2, 0) is 16.0 Å². The first kappa shape index (κ1) is 34.9. The fourth-order valence-electron chi connectivity index (χ4n) is 4.83. The predicted octanol–water partition coefficient (Wildman–Crippen LogP) is 6.84. The zero-order chi connectivity index (χ0) is 34.2. The number of nitrogens with one attached hydrogen (secondary N) is 3. The van der Waals surface area contributed by atoms with Crippen molar-refractivity contribution in [2.45, 2.75) is 97.1 Å². The van der Waals surface area contributed by atoms with Crippen LogP contribution in [-0.4, -0.2) is 46.4 Å². The first-order valence-corrected chi connectivity index (χ1v) is 15.7. The standard InChI is InChI=1S/C35H45N5O7/c1-34(2,3)46-32(42)38-20-22-7-13-26(14-8-22)44-28-17-23(18-29(19-28)45-27-15-16-30(36)37-21-27)31(41)39-24-9-11-25(12-10-24)40-33(43)47-35(4,5)6/h7-8,13-19,21,24-25H,9-12,20H2,1-6H3,(H2,36,37)(H,38,42)(H,39,41)(H,40,43). The average Bonchev–Trinajstić information content (AvgIpc) is 2.97. The summed E-state index contributed by atoms with van der Waals surface area (Å²) < 4.78 is 22.8. The van der Waals surface area contributed by atoms with Gasteiger partial charge in [-0.1, -0.05) is 12.1 Å². The zero-order valence-corrected chi connectivity index (χ0v) is 27.8. The van der Waals surface area contributed by atoms with E-state index in [9.17, 15) is 14.4 Å². The molecule has 0 radical (unpaired) electrons. The molecule has 0 bridgehead atoms. The molecule has 1 aliphatic rings. The highest BCUT2D eigenvalue weighted by molar-refractivity contribution is 5.95. The maximum atomic E-state index is 13.5. The number of ether oxygens (including phenoxy) is 4. The molecule has 0 spiro atoms. The molecule has 0 saturated heterocycles. The second kappa shape index (κ2) is 15.1. The van der Waals surface area contributed by atoms with E-state index in [1.54, 1.807) is 63.2 Å². The molecule has 1 heterocycles. The molecule has 1 saturated carbocycles. The van der Waals surface area contributed by atoms with Crippen LogP contribution >= 0.6 is 0 Å². The van der Waals surface area contributed by atoms with E-state index in [1.165, 1.54) is 6.20 Å². The summed E-state index contributed by atoms with van der Waals surface area (Å²) >= 11 is 0. The number of benzene rings is 2. The van der Waals surface area contributed by atoms with Crippen LogP contribution in [0.3, 0.4) is 0 Å². The van der Waals surface area contributed by atoms with Gasteiger partial charge in [-0.3, -0.25) is 4.79 Å². The fourth-order valence-corrected chi connectivity index (χ4v) is 4.83. The summed E-state index contributed by atoms with van der Waals surface area (Å²) in [5, 5.41) is 8.77. The Kier molecular flexibility index (Phi) is 11.2. The maximum Gasteiger partial charge on any atom is 0.407 e. The number of nitrogens with zero attached hydrogens (tertiary/aromatic N) is 1. The van der Waals surface area contributed by atoms with Crippen LogP contribution in [0.5, 0.6) is 23.0 Å². The van der Waals surface area contributed by atoms with Gasteiger partial charge < -0.3 is 40.6 Å². The van der Waals surface area contributed by atoms with E-state index in [0.29, 0.717) is 47.2 Å². The number of carbonyl (C=O) groups excluding carboxylic acids is 3. The summed E-state index contributed by atoms with van der Waals surface area (Å²) in [5.74, 6) is 1.82. The van der Waals surface area contributed by atoms with Crippen LogP contribution in [0.1, 0.15) is 83.1 Å². The second-order valence-corrected chi connectivity index (χ2v) is 13.5. The largest absolute Gasteiger partial charge is 0.457 e. The van der Waals surface area contributed by atoms with Crippen molar-refractivity contribution in [1.82, 2.24) is 20.9 Å². The molecule has 252 valence electrons. The van der Waals surface area contributed by atoms with Gasteiger partial charge >= 0.3 is 12.2 Å². The quantitative estimate of drug-likeness (QED) is 0.195. The van der Waals surface area contributed by atoms with Gasteiger partial charge in [-0.2, -0.15) is 0 Å². The molecule has 5 N–H and O–H groups in total. The number of nitrogens with two attached hydrogens (primary N) is 1. The number of hydrogen-bond donors (Lipinski definition) is 4. The van der Waals surface area contributed by atoms with Crippen molar-refractivity contribution in [1.29, 1.82) is 0 Å². The Labute approximate surface area is 275 Å². The summed E-state index contributed by atoms with van der Waals surface area (Å²) in [7, 11) is 0. The molecule has 0 atom stereocenters. The van der Waals surface area contributed by atoms with Crippen LogP contribution in [0.4, 0.5) is 15.4 Å². The lowest BCUT2D eigenvalue weighted by Gasteiger charge is -2.30. The van der Waals surface area contributed by atoms with Crippen molar-refractivity contribution in [3.05, 3.63) is 71.9 Å². The van der Waals surface area contributed by atoms with Gasteiger partial charge in [0.1, 0.15) is 40.0 Å². The molecule has 4 rings (SSSR count). The van der Waals surface area contributed by atoms with E-state index < -0.39 is 23.4 Å². The lowest BCUT2D eigenvalue weighted by atomic mass is 9.91. The average molecular weight is 648 g/mol. The highest BCUT2D eigenvalue weighted by atomic mass is 16.6. The summed E-state index contributed by atoms with van der Waals surface area (Å²) in [4.78, 5) is 41.7. The summed E-state index contributed by atoms with van der Waals surface area (Å²) in [6, 6.07) is 15.4. The third-order valence-electron chi connectivity index (χ3n) is 6.92. The minimum Gasteiger partial charge on any atom is -0.457 e. The van der Waals surface area contributed by atoms with Crippen LogP contribution in [0.2, 0.25) is 0 Å². The van der Waals surface area contributed by atoms with Crippen LogP contribution < -0.4 is 31.2 Å². The molecule has 47 heavy (non-hydrogen) atoms. The van der Waals surface area contributed by atoms with Gasteiger partial charge in [-0.05, 0) is 109 Å². The third-order valence-corrected chi connectivity index (χ3v) is 6.92. The number of amides is 3. The summed E-state index contributed by atoms with van der Waals surface area (Å²) in [6.45, 7) is 11.2. The van der Waals surface area contributed by atoms with E-state index in [4.69, 9.17) is 24.7 Å². The zero-order valence-electron chi connectivity index (χ0n) is 27.8. The molecule has 0 aliphatic heterocycles. The molecule has 1 aliphatic carbocycles. The summed E-state index contributed by atoms with van der Waals surface area (Å²) in [6.07, 6.45) is 3.41. The molecule has 1 fully saturated rings. The van der Waals surface area contributed by atoms with E-state index in [1.807, 2.05) is 32.9 Å². The SMILES string of the molecule is CC(C)(C)OC(=O)NCc1ccc(Oc2cc(Oc3ccc(N)nc3)cc(C(=O)NC3CCC(NC(=O)OC(C)(C)C)CC3)c2)cc1. The number of pyridine rings is 1. The Morgan fingerprint density at radius 3 is 1.81 bits per heavy atom. The Morgan fingerprint density at radius 1 is 0.723 bits per heavy atom. The molecule has 2 aromatic carbocycles. The number of aromatic nitrogens is 1. The van der Waals surface area contributed by atoms with Gasteiger partial charge in [-0.15, -0.1) is 0 Å². The number of alkyl carbamates (subject to hydrolysis) is 2. The van der Waals surface area contributed by atoms with Crippen molar-refractivity contribution in [3.8, 4) is 23.0 Å². The first-order chi connectivity index (χ1) is 22.1. The molecule has 0 unspecified atom stereocenters. The van der Waals surface area contributed by atoms with Crippen molar-refractivity contribution >= 4 is 23.9 Å². The van der Waals surface area contributed by atoms with Gasteiger partial charge in [0.2, 0.25) is 0 Å². The predicted molar refractivity (Wildman–Crippen MR) is 178 cm³/mol. The van der Waals surface area contributed by atoms with Crippen molar-refractivity contribution in [2.75, 3.05) is 5.73 Å². The maximum absolute atomic E-state index is 13.5. The van der Waals surface area contributed by atoms with Crippen molar-refractivity contribution in [2.24, 2.45) is 0 Å². The molecule has 12 nitrogen and oxygen atoms in total. The van der Waals surface area contributed by atoms with E-state index >= 15 is 0 Å². The number of nitrogen functional groups attached to an aromatic ring is 1. The van der Waals surface area contributed by atoms with Gasteiger partial charge in [0.25, 0.3) is 5.91 Å². The van der Waals surface area contributed by atoms with E-state index in [0.717, 1.165) is 18.4 Å². The number of carbonyl (C=O) groups is 3. The highest BCUT2D eigenvalue weighted by Crippen LogP contribution is 2.31. The van der Waals surface area contributed by atoms with E-state index in [2.05, 4.69) is 20.9 Å². The minimum absolute atomic E-state index is 0.0114. The molecular weight excluding hydrogens is 602 g/mol. The Morgan fingerprint density at radius 2 is 1.26 bits per heavy atom. The number of rotatable bonds is 9. The molecule has 1 aromatic heterocycles. The number of hydrogen-bond acceptors (Lipinski definition) is 9. The third kappa shape index (κ3) is 12.0. The summed E-state index contributed by atoms with van der Waals surface area (Å²) in [5.41, 5.74) is 5.78. The lowest BCUT2D eigenvalue weighted by Crippen LogP contribution is -2.45. The fraction of sp³-hybridized carbons (Fsp3) is 0.429. The highest BCUT2D eigenvalue weighted by Gasteiger charge is 2.26. The van der Waals surface area contributed by atoms with Gasteiger partial charge in [0.15, 0.2) is 0 Å². The van der Waals surface area contributed by atoms with Crippen molar-refractivity contribution in [3.63, 3.8) is 0 Å². The van der Waals surface area contributed by atoms with Gasteiger partial charge in [0, 0.05) is 30.3 Å². The monoisotopic (exact) mass is 647 g/mol. The molecule has 3 aromatic rings. The van der Waals surface area contributed by atoms with Crippen LogP contribution in [0, 0.1) is 0 Å². The smallest absolute Gasteiger partial charge is 0.407 e. The number of anilines is 1. The molecule has 12 heteroatoms. The Hall–Kier alpha value is -5.00. The first-order valence-electron chi connectivity index (χ1n) is 15.7. The van der Waals surface area contributed by atoms with Gasteiger partial charge in [-0.25, -0.2) is 14.6 Å². The second-order valence-electron chi connectivity index (χ2n) is 13.5.